The summed E-state index contributed by atoms with van der Waals surface area (Å²) in [5.41, 5.74) is 3.01. The van der Waals surface area contributed by atoms with Gasteiger partial charge in [0.25, 0.3) is 5.91 Å². The normalized spacial score (nSPS) is 11.3. The molecule has 0 bridgehead atoms. The molecule has 0 aliphatic rings. The molecule has 0 fully saturated rings. The van der Waals surface area contributed by atoms with Gasteiger partial charge in [0.05, 0.1) is 25.5 Å². The molecular weight excluding hydrogens is 718 g/mol. The maximum Gasteiger partial charge on any atom is 0.411 e. The summed E-state index contributed by atoms with van der Waals surface area (Å²) < 4.78 is 21.7. The van der Waals surface area contributed by atoms with E-state index < -0.39 is 41.2 Å². The lowest BCUT2D eigenvalue weighted by Crippen LogP contribution is -2.42. The van der Waals surface area contributed by atoms with Gasteiger partial charge in [0.15, 0.2) is 5.69 Å². The van der Waals surface area contributed by atoms with Crippen LogP contribution in [0.25, 0.3) is 11.1 Å². The number of benzene rings is 2. The SMILES string of the molecule is CCOC(=O)CN(CCOCCNC(=O)c1ncc(-c2cccc(CC)c2)cc1NC(=O)CN(Cc1cccc(C)c1)C(=O)OC(C)(C)C)C(=O)OC(C)(C)C. The smallest absolute Gasteiger partial charge is 0.411 e. The number of carbonyl (C=O) groups excluding carboxylic acids is 5. The van der Waals surface area contributed by atoms with Crippen molar-refractivity contribution in [3.05, 3.63) is 83.2 Å². The topological polar surface area (TPSA) is 166 Å². The van der Waals surface area contributed by atoms with E-state index in [-0.39, 0.29) is 63.9 Å². The summed E-state index contributed by atoms with van der Waals surface area (Å²) in [5, 5.41) is 5.58. The number of amides is 4. The number of nitrogens with one attached hydrogen (secondary N) is 2. The standard InChI is InChI=1S/C42H57N5O9/c1-10-30-15-13-17-32(23-30)33-24-34(45-35(48)27-47(40(52)56-42(7,8)9)26-31-16-12-14-29(3)22-31)37(44-25-33)38(50)43-18-20-53-21-19-46(28-36(49)54-11-2)39(51)55-41(4,5)6/h12-17,22-25H,10-11,18-21,26-28H2,1-9H3,(H,43,50)(H,45,48). The van der Waals surface area contributed by atoms with Gasteiger partial charge in [0.1, 0.15) is 24.3 Å². The van der Waals surface area contributed by atoms with E-state index in [4.69, 9.17) is 18.9 Å². The van der Waals surface area contributed by atoms with Crippen molar-refractivity contribution in [1.82, 2.24) is 20.1 Å². The molecule has 3 rings (SSSR count). The van der Waals surface area contributed by atoms with Crippen LogP contribution >= 0.6 is 0 Å². The number of rotatable bonds is 17. The van der Waals surface area contributed by atoms with Crippen molar-refractivity contribution in [1.29, 1.82) is 0 Å². The molecule has 0 radical (unpaired) electrons. The second-order valence-corrected chi connectivity index (χ2v) is 15.1. The van der Waals surface area contributed by atoms with Gasteiger partial charge >= 0.3 is 18.2 Å². The maximum absolute atomic E-state index is 13.7. The van der Waals surface area contributed by atoms with Gasteiger partial charge in [-0.25, -0.2) is 14.6 Å². The number of hydrogen-bond acceptors (Lipinski definition) is 10. The second-order valence-electron chi connectivity index (χ2n) is 15.1. The summed E-state index contributed by atoms with van der Waals surface area (Å²) in [6, 6.07) is 17.2. The molecule has 56 heavy (non-hydrogen) atoms. The lowest BCUT2D eigenvalue weighted by molar-refractivity contribution is -0.144. The summed E-state index contributed by atoms with van der Waals surface area (Å²) in [7, 11) is 0. The van der Waals surface area contributed by atoms with Crippen molar-refractivity contribution in [3.8, 4) is 11.1 Å². The highest BCUT2D eigenvalue weighted by atomic mass is 16.6. The monoisotopic (exact) mass is 775 g/mol. The first-order valence-corrected chi connectivity index (χ1v) is 18.8. The minimum Gasteiger partial charge on any atom is -0.465 e. The van der Waals surface area contributed by atoms with Gasteiger partial charge in [0.2, 0.25) is 5.91 Å². The molecule has 0 atom stereocenters. The van der Waals surface area contributed by atoms with Crippen LogP contribution in [0.4, 0.5) is 15.3 Å². The van der Waals surface area contributed by atoms with Crippen LogP contribution in [0, 0.1) is 6.92 Å². The molecule has 0 saturated heterocycles. The summed E-state index contributed by atoms with van der Waals surface area (Å²) >= 11 is 0. The van der Waals surface area contributed by atoms with E-state index in [9.17, 15) is 24.0 Å². The minimum atomic E-state index is -0.793. The Hall–Kier alpha value is -5.50. The molecule has 304 valence electrons. The molecule has 1 aromatic heterocycles. The zero-order valence-electron chi connectivity index (χ0n) is 34.2. The van der Waals surface area contributed by atoms with E-state index >= 15 is 0 Å². The van der Waals surface area contributed by atoms with Crippen LogP contribution in [0.2, 0.25) is 0 Å². The summed E-state index contributed by atoms with van der Waals surface area (Å²) in [6.07, 6.45) is 1.04. The van der Waals surface area contributed by atoms with Crippen LogP contribution in [0.1, 0.15) is 82.6 Å². The Morgan fingerprint density at radius 1 is 0.768 bits per heavy atom. The van der Waals surface area contributed by atoms with Gasteiger partial charge in [-0.2, -0.15) is 0 Å². The van der Waals surface area contributed by atoms with Crippen molar-refractivity contribution in [2.24, 2.45) is 0 Å². The first-order valence-electron chi connectivity index (χ1n) is 18.8. The van der Waals surface area contributed by atoms with Gasteiger partial charge in [-0.05, 0) is 84.6 Å². The molecular formula is C42H57N5O9. The highest BCUT2D eigenvalue weighted by Gasteiger charge is 2.27. The van der Waals surface area contributed by atoms with Crippen LogP contribution < -0.4 is 10.6 Å². The molecule has 14 nitrogen and oxygen atoms in total. The van der Waals surface area contributed by atoms with E-state index in [0.29, 0.717) is 5.56 Å². The summed E-state index contributed by atoms with van der Waals surface area (Å²) in [6.45, 7) is 16.0. The largest absolute Gasteiger partial charge is 0.465 e. The molecule has 0 spiro atoms. The lowest BCUT2D eigenvalue weighted by Gasteiger charge is -2.27. The zero-order valence-corrected chi connectivity index (χ0v) is 34.2. The highest BCUT2D eigenvalue weighted by molar-refractivity contribution is 6.03. The fraction of sp³-hybridized carbons (Fsp3) is 0.476. The van der Waals surface area contributed by atoms with Gasteiger partial charge in [-0.1, -0.05) is 61.0 Å². The summed E-state index contributed by atoms with van der Waals surface area (Å²) in [4.78, 5) is 72.2. The van der Waals surface area contributed by atoms with Crippen molar-refractivity contribution < 1.29 is 42.9 Å². The average Bonchev–Trinajstić information content (AvgIpc) is 3.10. The Bertz CT molecular complexity index is 1820. The minimum absolute atomic E-state index is 0.0400. The predicted octanol–water partition coefficient (Wildman–Crippen LogP) is 6.54. The van der Waals surface area contributed by atoms with E-state index in [1.165, 1.54) is 9.80 Å². The van der Waals surface area contributed by atoms with Gasteiger partial charge < -0.3 is 29.6 Å². The maximum atomic E-state index is 13.7. The van der Waals surface area contributed by atoms with Crippen molar-refractivity contribution in [2.75, 3.05) is 51.3 Å². The first kappa shape index (κ1) is 44.9. The van der Waals surface area contributed by atoms with Gasteiger partial charge in [0, 0.05) is 31.4 Å². The number of aromatic nitrogens is 1. The molecule has 3 aromatic rings. The third-order valence-corrected chi connectivity index (χ3v) is 7.80. The van der Waals surface area contributed by atoms with Crippen molar-refractivity contribution >= 4 is 35.7 Å². The van der Waals surface area contributed by atoms with Crippen LogP contribution in [0.3, 0.4) is 0 Å². The molecule has 2 N–H and O–H groups in total. The number of nitrogens with zero attached hydrogens (tertiary/aromatic N) is 3. The highest BCUT2D eigenvalue weighted by Crippen LogP contribution is 2.26. The van der Waals surface area contributed by atoms with Crippen LogP contribution in [-0.4, -0.2) is 102 Å². The number of aryl methyl sites for hydroxylation is 2. The second kappa shape index (κ2) is 21.0. The quantitative estimate of drug-likeness (QED) is 0.0874. The molecule has 4 amide bonds. The first-order chi connectivity index (χ1) is 26.4. The fourth-order valence-electron chi connectivity index (χ4n) is 5.30. The molecule has 1 heterocycles. The zero-order chi connectivity index (χ0) is 41.5. The molecule has 0 aliphatic heterocycles. The van der Waals surface area contributed by atoms with E-state index in [1.807, 2.05) is 62.4 Å². The van der Waals surface area contributed by atoms with E-state index in [1.54, 1.807) is 60.7 Å². The Morgan fingerprint density at radius 3 is 2.07 bits per heavy atom. The average molecular weight is 776 g/mol. The van der Waals surface area contributed by atoms with Gasteiger partial charge in [-0.15, -0.1) is 0 Å². The van der Waals surface area contributed by atoms with Gasteiger partial charge in [-0.3, -0.25) is 24.2 Å². The Kier molecular flexibility index (Phi) is 16.8. The Morgan fingerprint density at radius 2 is 1.43 bits per heavy atom. The third-order valence-electron chi connectivity index (χ3n) is 7.80. The van der Waals surface area contributed by atoms with Crippen LogP contribution in [0.5, 0.6) is 0 Å². The fourth-order valence-corrected chi connectivity index (χ4v) is 5.30. The molecule has 0 unspecified atom stereocenters. The number of hydrogen-bond donors (Lipinski definition) is 2. The third kappa shape index (κ3) is 15.7. The lowest BCUT2D eigenvalue weighted by atomic mass is 10.0. The number of esters is 1. The predicted molar refractivity (Wildman–Crippen MR) is 213 cm³/mol. The molecule has 0 aliphatic carbocycles. The van der Waals surface area contributed by atoms with Crippen molar-refractivity contribution in [3.63, 3.8) is 0 Å². The van der Waals surface area contributed by atoms with E-state index in [0.717, 1.165) is 28.7 Å². The number of carbonyl (C=O) groups is 5. The van der Waals surface area contributed by atoms with Crippen LogP contribution in [-0.2, 0) is 41.5 Å². The summed E-state index contributed by atoms with van der Waals surface area (Å²) in [5.74, 6) is -1.70. The number of pyridine rings is 1. The molecule has 2 aromatic carbocycles. The Balaban J connectivity index is 1.76. The van der Waals surface area contributed by atoms with Crippen LogP contribution in [0.15, 0.2) is 60.8 Å². The van der Waals surface area contributed by atoms with Crippen molar-refractivity contribution in [2.45, 2.75) is 86.5 Å². The molecule has 0 saturated carbocycles. The Labute approximate surface area is 330 Å². The molecule has 14 heteroatoms. The van der Waals surface area contributed by atoms with E-state index in [2.05, 4.69) is 15.6 Å². The number of anilines is 1. The number of ether oxygens (including phenoxy) is 4.